The zero-order chi connectivity index (χ0) is 15.5. The van der Waals surface area contributed by atoms with Crippen molar-refractivity contribution in [3.05, 3.63) is 35.4 Å². The molecule has 1 aromatic rings. The van der Waals surface area contributed by atoms with Crippen LogP contribution in [0.4, 0.5) is 0 Å². The van der Waals surface area contributed by atoms with E-state index in [0.717, 1.165) is 12.8 Å². The number of benzene rings is 1. The molecule has 0 bridgehead atoms. The van der Waals surface area contributed by atoms with E-state index in [4.69, 9.17) is 11.0 Å². The summed E-state index contributed by atoms with van der Waals surface area (Å²) in [4.78, 5) is 0. The van der Waals surface area contributed by atoms with Gasteiger partial charge in [0.05, 0.1) is 17.4 Å². The summed E-state index contributed by atoms with van der Waals surface area (Å²) >= 11 is 0. The summed E-state index contributed by atoms with van der Waals surface area (Å²) < 4.78 is 26.5. The monoisotopic (exact) mass is 307 g/mol. The molecular formula is C15H21N3O2S. The van der Waals surface area contributed by atoms with Crippen LogP contribution in [0, 0.1) is 17.2 Å². The molecular weight excluding hydrogens is 286 g/mol. The molecule has 1 atom stereocenters. The van der Waals surface area contributed by atoms with Gasteiger partial charge in [-0.05, 0) is 37.3 Å². The molecule has 1 unspecified atom stereocenters. The molecule has 1 aliphatic heterocycles. The zero-order valence-corrected chi connectivity index (χ0v) is 13.0. The molecule has 0 amide bonds. The molecule has 0 aromatic heterocycles. The Bertz CT molecular complexity index is 627. The lowest BCUT2D eigenvalue weighted by Gasteiger charge is -2.33. The first-order valence-electron chi connectivity index (χ1n) is 7.15. The second kappa shape index (κ2) is 6.56. The number of piperidine rings is 1. The standard InChI is InChI=1S/C15H21N3O2S/c1-12(17)13-6-8-18(9-7-13)21(19,20)11-15-5-3-2-4-14(15)10-16/h2-5,12-13H,6-9,11,17H2,1H3. The number of hydrogen-bond donors (Lipinski definition) is 1. The number of sulfonamides is 1. The fourth-order valence-corrected chi connectivity index (χ4v) is 4.32. The predicted molar refractivity (Wildman–Crippen MR) is 81.7 cm³/mol. The van der Waals surface area contributed by atoms with Crippen molar-refractivity contribution in [2.45, 2.75) is 31.6 Å². The third-order valence-corrected chi connectivity index (χ3v) is 5.94. The van der Waals surface area contributed by atoms with Crippen LogP contribution in [0.15, 0.2) is 24.3 Å². The second-order valence-corrected chi connectivity index (χ2v) is 7.59. The molecule has 0 saturated carbocycles. The fourth-order valence-electron chi connectivity index (χ4n) is 2.72. The van der Waals surface area contributed by atoms with Gasteiger partial charge in [0.15, 0.2) is 0 Å². The van der Waals surface area contributed by atoms with Gasteiger partial charge in [-0.15, -0.1) is 0 Å². The number of nitrogens with two attached hydrogens (primary N) is 1. The van der Waals surface area contributed by atoms with Crippen LogP contribution in [-0.2, 0) is 15.8 Å². The second-order valence-electron chi connectivity index (χ2n) is 5.62. The van der Waals surface area contributed by atoms with Crippen molar-refractivity contribution in [1.29, 1.82) is 5.26 Å². The Hall–Kier alpha value is -1.42. The van der Waals surface area contributed by atoms with Crippen molar-refractivity contribution in [2.24, 2.45) is 11.7 Å². The minimum absolute atomic E-state index is 0.106. The summed E-state index contributed by atoms with van der Waals surface area (Å²) in [6, 6.07) is 8.99. The van der Waals surface area contributed by atoms with E-state index in [1.165, 1.54) is 4.31 Å². The average molecular weight is 307 g/mol. The van der Waals surface area contributed by atoms with E-state index in [2.05, 4.69) is 0 Å². The van der Waals surface area contributed by atoms with Gasteiger partial charge >= 0.3 is 0 Å². The van der Waals surface area contributed by atoms with Crippen molar-refractivity contribution in [3.8, 4) is 6.07 Å². The van der Waals surface area contributed by atoms with Gasteiger partial charge in [-0.25, -0.2) is 12.7 Å². The Morgan fingerprint density at radius 1 is 1.38 bits per heavy atom. The molecule has 1 aromatic carbocycles. The lowest BCUT2D eigenvalue weighted by molar-refractivity contribution is 0.250. The van der Waals surface area contributed by atoms with Crippen LogP contribution >= 0.6 is 0 Å². The highest BCUT2D eigenvalue weighted by molar-refractivity contribution is 7.88. The van der Waals surface area contributed by atoms with Gasteiger partial charge in [0.2, 0.25) is 10.0 Å². The number of hydrogen-bond acceptors (Lipinski definition) is 4. The summed E-state index contributed by atoms with van der Waals surface area (Å²) in [5, 5.41) is 9.05. The van der Waals surface area contributed by atoms with Gasteiger partial charge in [0, 0.05) is 19.1 Å². The quantitative estimate of drug-likeness (QED) is 0.912. The van der Waals surface area contributed by atoms with Crippen LogP contribution < -0.4 is 5.73 Å². The summed E-state index contributed by atoms with van der Waals surface area (Å²) in [5.41, 5.74) is 6.87. The van der Waals surface area contributed by atoms with Gasteiger partial charge in [0.1, 0.15) is 0 Å². The molecule has 0 radical (unpaired) electrons. The highest BCUT2D eigenvalue weighted by Gasteiger charge is 2.29. The molecule has 1 heterocycles. The lowest BCUT2D eigenvalue weighted by Crippen LogP contribution is -2.42. The van der Waals surface area contributed by atoms with E-state index in [1.807, 2.05) is 13.0 Å². The summed E-state index contributed by atoms with van der Waals surface area (Å²) in [5.74, 6) is 0.280. The zero-order valence-electron chi connectivity index (χ0n) is 12.2. The van der Waals surface area contributed by atoms with Crippen LogP contribution in [0.5, 0.6) is 0 Å². The van der Waals surface area contributed by atoms with Crippen LogP contribution in [0.25, 0.3) is 0 Å². The highest BCUT2D eigenvalue weighted by Crippen LogP contribution is 2.23. The first-order chi connectivity index (χ1) is 9.94. The average Bonchev–Trinajstić information content (AvgIpc) is 2.47. The maximum atomic E-state index is 12.5. The molecule has 2 rings (SSSR count). The summed E-state index contributed by atoms with van der Waals surface area (Å²) in [7, 11) is -3.38. The maximum absolute atomic E-state index is 12.5. The third-order valence-electron chi connectivity index (χ3n) is 4.11. The lowest BCUT2D eigenvalue weighted by atomic mass is 9.92. The molecule has 2 N–H and O–H groups in total. The third kappa shape index (κ3) is 3.82. The first-order valence-corrected chi connectivity index (χ1v) is 8.76. The van der Waals surface area contributed by atoms with E-state index in [0.29, 0.717) is 30.1 Å². The number of nitriles is 1. The molecule has 6 heteroatoms. The number of nitrogens with zero attached hydrogens (tertiary/aromatic N) is 2. The summed E-state index contributed by atoms with van der Waals surface area (Å²) in [6.45, 7) is 3.00. The minimum atomic E-state index is -3.38. The normalized spacial score (nSPS) is 19.1. The molecule has 0 aliphatic carbocycles. The Kier molecular flexibility index (Phi) is 4.99. The van der Waals surface area contributed by atoms with Crippen molar-refractivity contribution in [1.82, 2.24) is 4.31 Å². The van der Waals surface area contributed by atoms with E-state index < -0.39 is 10.0 Å². The highest BCUT2D eigenvalue weighted by atomic mass is 32.2. The Balaban J connectivity index is 2.08. The molecule has 0 spiro atoms. The van der Waals surface area contributed by atoms with E-state index in [-0.39, 0.29) is 11.8 Å². The van der Waals surface area contributed by atoms with Gasteiger partial charge in [-0.3, -0.25) is 0 Å². The first kappa shape index (κ1) is 16.0. The largest absolute Gasteiger partial charge is 0.328 e. The molecule has 1 fully saturated rings. The minimum Gasteiger partial charge on any atom is -0.328 e. The SMILES string of the molecule is CC(N)C1CCN(S(=O)(=O)Cc2ccccc2C#N)CC1. The van der Waals surface area contributed by atoms with Gasteiger partial charge < -0.3 is 5.73 Å². The van der Waals surface area contributed by atoms with Crippen molar-refractivity contribution in [2.75, 3.05) is 13.1 Å². The van der Waals surface area contributed by atoms with Crippen LogP contribution in [-0.4, -0.2) is 31.9 Å². The van der Waals surface area contributed by atoms with Crippen molar-refractivity contribution < 1.29 is 8.42 Å². The van der Waals surface area contributed by atoms with Gasteiger partial charge in [0.25, 0.3) is 0 Å². The van der Waals surface area contributed by atoms with Crippen LogP contribution in [0.3, 0.4) is 0 Å². The maximum Gasteiger partial charge on any atom is 0.218 e. The molecule has 1 aliphatic rings. The Morgan fingerprint density at radius 2 is 2.00 bits per heavy atom. The molecule has 114 valence electrons. The van der Waals surface area contributed by atoms with E-state index in [1.54, 1.807) is 24.3 Å². The molecule has 21 heavy (non-hydrogen) atoms. The van der Waals surface area contributed by atoms with Crippen molar-refractivity contribution >= 4 is 10.0 Å². The van der Waals surface area contributed by atoms with E-state index in [9.17, 15) is 8.42 Å². The predicted octanol–water partition coefficient (Wildman–Crippen LogP) is 1.45. The fraction of sp³-hybridized carbons (Fsp3) is 0.533. The van der Waals surface area contributed by atoms with Gasteiger partial charge in [-0.1, -0.05) is 18.2 Å². The van der Waals surface area contributed by atoms with Gasteiger partial charge in [-0.2, -0.15) is 5.26 Å². The van der Waals surface area contributed by atoms with Crippen molar-refractivity contribution in [3.63, 3.8) is 0 Å². The van der Waals surface area contributed by atoms with Crippen LogP contribution in [0.1, 0.15) is 30.9 Å². The molecule has 5 nitrogen and oxygen atoms in total. The number of rotatable bonds is 4. The van der Waals surface area contributed by atoms with Crippen LogP contribution in [0.2, 0.25) is 0 Å². The topological polar surface area (TPSA) is 87.2 Å². The smallest absolute Gasteiger partial charge is 0.218 e. The van der Waals surface area contributed by atoms with E-state index >= 15 is 0 Å². The Labute approximate surface area is 126 Å². The molecule has 1 saturated heterocycles. The Morgan fingerprint density at radius 3 is 2.57 bits per heavy atom. The summed E-state index contributed by atoms with van der Waals surface area (Å²) in [6.07, 6.45) is 1.60.